The second-order valence-corrected chi connectivity index (χ2v) is 11.4. The van der Waals surface area contributed by atoms with Gasteiger partial charge in [0, 0.05) is 17.3 Å². The van der Waals surface area contributed by atoms with Gasteiger partial charge in [0.2, 0.25) is 6.41 Å². The Hall–Kier alpha value is -4.35. The number of carbonyl (C=O) groups is 2. The molecule has 0 unspecified atom stereocenters. The molecule has 0 aliphatic carbocycles. The van der Waals surface area contributed by atoms with Crippen LogP contribution >= 0.6 is 23.4 Å². The van der Waals surface area contributed by atoms with Crippen molar-refractivity contribution >= 4 is 41.4 Å². The normalized spacial score (nSPS) is 12.9. The molecule has 1 fully saturated rings. The number of halogens is 4. The van der Waals surface area contributed by atoms with Gasteiger partial charge in [0.05, 0.1) is 27.7 Å². The highest BCUT2D eigenvalue weighted by Gasteiger charge is 2.36. The van der Waals surface area contributed by atoms with E-state index in [4.69, 9.17) is 18.0 Å². The van der Waals surface area contributed by atoms with E-state index in [-0.39, 0.29) is 18.5 Å². The third kappa shape index (κ3) is 9.58. The SMILES string of the molecule is C#Cc1cc(C)c(NC=O)c(C(=O)NC2CCSCC2)c1.CC.Cc1cc(Cn2nnc(C(F)(F)F)n2)nn1-c1ccccc1Cl. The molecule has 0 radical (unpaired) electrons. The quantitative estimate of drug-likeness (QED) is 0.180. The Kier molecular flexibility index (Phi) is 13.2. The smallest absolute Gasteiger partial charge is 0.349 e. The van der Waals surface area contributed by atoms with Gasteiger partial charge in [-0.15, -0.1) is 16.6 Å². The number of aryl methyl sites for hydroxylation is 2. The molecule has 244 valence electrons. The van der Waals surface area contributed by atoms with E-state index < -0.39 is 12.0 Å². The molecule has 2 aromatic heterocycles. The molecule has 5 rings (SSSR count). The number of benzene rings is 2. The first-order valence-corrected chi connectivity index (χ1v) is 15.9. The molecule has 4 aromatic rings. The van der Waals surface area contributed by atoms with Crippen LogP contribution in [0.2, 0.25) is 5.02 Å². The van der Waals surface area contributed by atoms with Crippen molar-refractivity contribution in [3.8, 4) is 18.0 Å². The van der Waals surface area contributed by atoms with Crippen molar-refractivity contribution in [2.24, 2.45) is 0 Å². The first kappa shape index (κ1) is 36.1. The molecule has 2 amide bonds. The first-order valence-electron chi connectivity index (χ1n) is 14.4. The molecule has 2 N–H and O–H groups in total. The maximum Gasteiger partial charge on any atom is 0.455 e. The minimum absolute atomic E-state index is 0.0264. The summed E-state index contributed by atoms with van der Waals surface area (Å²) in [5, 5.41) is 20.2. The van der Waals surface area contributed by atoms with E-state index in [2.05, 4.69) is 37.1 Å². The number of carbonyl (C=O) groups excluding carboxylic acids is 2. The molecule has 1 aliphatic rings. The zero-order chi connectivity index (χ0) is 33.9. The van der Waals surface area contributed by atoms with Crippen LogP contribution in [0, 0.1) is 26.2 Å². The molecule has 15 heteroatoms. The predicted octanol–water partition coefficient (Wildman–Crippen LogP) is 6.08. The lowest BCUT2D eigenvalue weighted by Crippen LogP contribution is -2.37. The van der Waals surface area contributed by atoms with E-state index in [1.54, 1.807) is 41.1 Å². The van der Waals surface area contributed by atoms with E-state index in [0.717, 1.165) is 40.4 Å². The lowest BCUT2D eigenvalue weighted by Gasteiger charge is -2.23. The lowest BCUT2D eigenvalue weighted by molar-refractivity contribution is -0.145. The van der Waals surface area contributed by atoms with Crippen molar-refractivity contribution in [1.29, 1.82) is 0 Å². The second-order valence-electron chi connectivity index (χ2n) is 9.76. The topological polar surface area (TPSA) is 120 Å². The van der Waals surface area contributed by atoms with Crippen LogP contribution in [0.25, 0.3) is 5.69 Å². The van der Waals surface area contributed by atoms with Gasteiger partial charge in [-0.2, -0.15) is 34.8 Å². The Labute approximate surface area is 274 Å². The Balaban J connectivity index is 0.000000239. The molecular formula is C31H34ClF3N8O2S. The van der Waals surface area contributed by atoms with Crippen LogP contribution < -0.4 is 10.6 Å². The summed E-state index contributed by atoms with van der Waals surface area (Å²) >= 11 is 8.03. The van der Waals surface area contributed by atoms with Gasteiger partial charge in [-0.25, -0.2) is 4.68 Å². The molecule has 2 aromatic carbocycles. The van der Waals surface area contributed by atoms with Crippen LogP contribution in [-0.4, -0.2) is 59.9 Å². The average Bonchev–Trinajstić information content (AvgIpc) is 3.66. The maximum atomic E-state index is 12.5. The fraction of sp³-hybridized carbons (Fsp3) is 0.355. The number of rotatable bonds is 7. The van der Waals surface area contributed by atoms with E-state index in [1.807, 2.05) is 45.5 Å². The number of terminal acetylenes is 1. The predicted molar refractivity (Wildman–Crippen MR) is 173 cm³/mol. The van der Waals surface area contributed by atoms with Gasteiger partial charge < -0.3 is 10.6 Å². The summed E-state index contributed by atoms with van der Waals surface area (Å²) in [6, 6.07) is 12.5. The number of thioether (sulfide) groups is 1. The number of amides is 2. The average molecular weight is 675 g/mol. The van der Waals surface area contributed by atoms with Gasteiger partial charge in [0.25, 0.3) is 11.7 Å². The van der Waals surface area contributed by atoms with Crippen LogP contribution in [0.1, 0.15) is 65.4 Å². The first-order chi connectivity index (χ1) is 22.0. The van der Waals surface area contributed by atoms with Gasteiger partial charge in [-0.3, -0.25) is 9.59 Å². The molecule has 10 nitrogen and oxygen atoms in total. The van der Waals surface area contributed by atoms with Crippen molar-refractivity contribution < 1.29 is 22.8 Å². The summed E-state index contributed by atoms with van der Waals surface area (Å²) in [5.41, 5.74) is 4.31. The zero-order valence-corrected chi connectivity index (χ0v) is 27.3. The largest absolute Gasteiger partial charge is 0.455 e. The van der Waals surface area contributed by atoms with Crippen molar-refractivity contribution in [2.75, 3.05) is 16.8 Å². The van der Waals surface area contributed by atoms with E-state index in [1.165, 1.54) is 0 Å². The van der Waals surface area contributed by atoms with Crippen LogP contribution in [0.3, 0.4) is 0 Å². The summed E-state index contributed by atoms with van der Waals surface area (Å²) in [6.07, 6.45) is 3.32. The molecule has 0 saturated carbocycles. The van der Waals surface area contributed by atoms with Crippen molar-refractivity contribution in [3.05, 3.63) is 81.4 Å². The number of hydrogen-bond acceptors (Lipinski definition) is 7. The number of anilines is 1. The summed E-state index contributed by atoms with van der Waals surface area (Å²) < 4.78 is 39.0. The number of nitrogens with zero attached hydrogens (tertiary/aromatic N) is 6. The van der Waals surface area contributed by atoms with Crippen LogP contribution in [0.5, 0.6) is 0 Å². The monoisotopic (exact) mass is 674 g/mol. The van der Waals surface area contributed by atoms with Gasteiger partial charge in [0.1, 0.15) is 6.54 Å². The minimum atomic E-state index is -4.62. The van der Waals surface area contributed by atoms with Crippen LogP contribution in [-0.2, 0) is 17.5 Å². The Morgan fingerprint density at radius 1 is 1.15 bits per heavy atom. The molecule has 0 spiro atoms. The van der Waals surface area contributed by atoms with Gasteiger partial charge in [0.15, 0.2) is 0 Å². The standard InChI is InChI=1S/C16H18N2O2S.C13H10ClF3N6.C2H6/c1-3-12-8-11(2)15(17-10-19)14(9-12)16(20)18-13-4-6-21-7-5-13;1-8-6-9(7-22-20-12(18-21-22)13(15,16)17)19-23(8)11-5-3-2-4-10(11)14;1-2/h1,8-10,13H,4-7H2,2H3,(H,17,19)(H,18,20);2-6H,7H2,1H3;1-2H3. The Bertz CT molecular complexity index is 1680. The van der Waals surface area contributed by atoms with Gasteiger partial charge >= 0.3 is 6.18 Å². The number of para-hydroxylation sites is 1. The van der Waals surface area contributed by atoms with Crippen LogP contribution in [0.4, 0.5) is 18.9 Å². The number of tetrazole rings is 1. The van der Waals surface area contributed by atoms with Crippen molar-refractivity contribution in [1.82, 2.24) is 35.3 Å². The van der Waals surface area contributed by atoms with E-state index in [0.29, 0.717) is 39.6 Å². The minimum Gasteiger partial charge on any atom is -0.349 e. The van der Waals surface area contributed by atoms with Crippen molar-refractivity contribution in [3.63, 3.8) is 0 Å². The highest BCUT2D eigenvalue weighted by atomic mass is 35.5. The molecular weight excluding hydrogens is 641 g/mol. The lowest BCUT2D eigenvalue weighted by atomic mass is 10.0. The molecule has 1 aliphatic heterocycles. The van der Waals surface area contributed by atoms with Crippen LogP contribution in [0.15, 0.2) is 42.5 Å². The summed E-state index contributed by atoms with van der Waals surface area (Å²) in [5.74, 6) is 3.20. The molecule has 0 bridgehead atoms. The molecule has 1 saturated heterocycles. The van der Waals surface area contributed by atoms with Gasteiger partial charge in [-0.05, 0) is 79.3 Å². The molecule has 3 heterocycles. The number of aromatic nitrogens is 6. The third-order valence-electron chi connectivity index (χ3n) is 6.54. The van der Waals surface area contributed by atoms with Gasteiger partial charge in [-0.1, -0.05) is 43.5 Å². The number of alkyl halides is 3. The summed E-state index contributed by atoms with van der Waals surface area (Å²) in [4.78, 5) is 24.1. The van der Waals surface area contributed by atoms with Crippen molar-refractivity contribution in [2.45, 2.75) is 59.3 Å². The summed E-state index contributed by atoms with van der Waals surface area (Å²) in [6.45, 7) is 7.61. The third-order valence-corrected chi connectivity index (χ3v) is 7.90. The number of nitrogens with one attached hydrogen (secondary N) is 2. The Morgan fingerprint density at radius 3 is 2.46 bits per heavy atom. The molecule has 46 heavy (non-hydrogen) atoms. The fourth-order valence-corrected chi connectivity index (χ4v) is 5.78. The summed E-state index contributed by atoms with van der Waals surface area (Å²) in [7, 11) is 0. The second kappa shape index (κ2) is 16.8. The molecule has 0 atom stereocenters. The fourth-order valence-electron chi connectivity index (χ4n) is 4.46. The van der Waals surface area contributed by atoms with E-state index >= 15 is 0 Å². The maximum absolute atomic E-state index is 12.5. The Morgan fingerprint density at radius 2 is 1.85 bits per heavy atom. The number of hydrogen-bond donors (Lipinski definition) is 2. The zero-order valence-electron chi connectivity index (χ0n) is 25.7. The van der Waals surface area contributed by atoms with E-state index in [9.17, 15) is 22.8 Å². The highest BCUT2D eigenvalue weighted by Crippen LogP contribution is 2.26. The highest BCUT2D eigenvalue weighted by molar-refractivity contribution is 7.99.